The molecule has 1 aromatic heterocycles. The summed E-state index contributed by atoms with van der Waals surface area (Å²) in [6.07, 6.45) is 0. The second-order valence-electron chi connectivity index (χ2n) is 8.00. The summed E-state index contributed by atoms with van der Waals surface area (Å²) in [5, 5.41) is 0. The van der Waals surface area contributed by atoms with Crippen molar-refractivity contribution in [3.63, 3.8) is 0 Å². The maximum absolute atomic E-state index is 5.25. The number of hydrogen-bond acceptors (Lipinski definition) is 6. The van der Waals surface area contributed by atoms with Gasteiger partial charge in [-0.1, -0.05) is 24.3 Å². The van der Waals surface area contributed by atoms with Gasteiger partial charge >= 0.3 is 0 Å². The lowest BCUT2D eigenvalue weighted by Crippen LogP contribution is -2.17. The van der Waals surface area contributed by atoms with Gasteiger partial charge in [0.1, 0.15) is 11.5 Å². The number of hydrogen-bond donors (Lipinski definition) is 0. The van der Waals surface area contributed by atoms with E-state index in [1.54, 1.807) is 14.2 Å². The highest BCUT2D eigenvalue weighted by Gasteiger charge is 2.28. The van der Waals surface area contributed by atoms with Gasteiger partial charge in [0, 0.05) is 39.3 Å². The van der Waals surface area contributed by atoms with Crippen LogP contribution in [0, 0.1) is 0 Å². The molecule has 0 radical (unpaired) electrons. The van der Waals surface area contributed by atoms with Gasteiger partial charge in [-0.05, 0) is 35.4 Å². The lowest BCUT2D eigenvalue weighted by atomic mass is 10.2. The van der Waals surface area contributed by atoms with Gasteiger partial charge in [0.2, 0.25) is 0 Å². The first kappa shape index (κ1) is 19.0. The third kappa shape index (κ3) is 3.88. The average molecular weight is 402 g/mol. The van der Waals surface area contributed by atoms with Crippen LogP contribution >= 0.6 is 0 Å². The largest absolute Gasteiger partial charge is 0.497 e. The van der Waals surface area contributed by atoms with Gasteiger partial charge in [-0.3, -0.25) is 19.8 Å². The molecular weight excluding hydrogens is 376 g/mol. The Hall–Kier alpha value is -2.96. The van der Waals surface area contributed by atoms with E-state index in [1.165, 1.54) is 11.1 Å². The zero-order chi connectivity index (χ0) is 20.5. The van der Waals surface area contributed by atoms with Crippen LogP contribution in [0.5, 0.6) is 11.5 Å². The number of benzene rings is 2. The molecule has 0 fully saturated rings. The first-order valence-electron chi connectivity index (χ1n) is 10.3. The zero-order valence-electron chi connectivity index (χ0n) is 17.5. The second kappa shape index (κ2) is 8.05. The minimum Gasteiger partial charge on any atom is -0.497 e. The molecule has 0 spiro atoms. The van der Waals surface area contributed by atoms with Crippen LogP contribution in [0.3, 0.4) is 0 Å². The monoisotopic (exact) mass is 402 g/mol. The molecule has 0 bridgehead atoms. The summed E-state index contributed by atoms with van der Waals surface area (Å²) in [4.78, 5) is 14.8. The smallest absolute Gasteiger partial charge is 0.118 e. The molecule has 0 aliphatic carbocycles. The summed E-state index contributed by atoms with van der Waals surface area (Å²) in [5.41, 5.74) is 7.09. The minimum absolute atomic E-state index is 0.861. The Morgan fingerprint density at radius 3 is 1.23 bits per heavy atom. The molecule has 3 aromatic rings. The van der Waals surface area contributed by atoms with Gasteiger partial charge in [0.25, 0.3) is 0 Å². The molecule has 154 valence electrons. The number of methoxy groups -OCH3 is 2. The topological polar surface area (TPSA) is 50.7 Å². The SMILES string of the molecule is COc1ccc(CN2Cc3nc4c(nc3C2)CN(Cc2ccc(OC)cc2)C4)cc1. The third-order valence-corrected chi connectivity index (χ3v) is 5.83. The molecule has 0 amide bonds. The van der Waals surface area contributed by atoms with Crippen molar-refractivity contribution < 1.29 is 9.47 Å². The maximum Gasteiger partial charge on any atom is 0.118 e. The van der Waals surface area contributed by atoms with Crippen molar-refractivity contribution in [2.75, 3.05) is 14.2 Å². The maximum atomic E-state index is 5.25. The fourth-order valence-corrected chi connectivity index (χ4v) is 4.25. The van der Waals surface area contributed by atoms with E-state index in [-0.39, 0.29) is 0 Å². The van der Waals surface area contributed by atoms with Crippen LogP contribution in [-0.2, 0) is 39.3 Å². The van der Waals surface area contributed by atoms with Crippen molar-refractivity contribution in [3.05, 3.63) is 82.4 Å². The highest BCUT2D eigenvalue weighted by atomic mass is 16.5. The molecule has 0 atom stereocenters. The molecule has 5 rings (SSSR count). The Morgan fingerprint density at radius 2 is 0.933 bits per heavy atom. The number of nitrogens with zero attached hydrogens (tertiary/aromatic N) is 4. The van der Waals surface area contributed by atoms with Crippen molar-refractivity contribution in [1.82, 2.24) is 19.8 Å². The first-order valence-corrected chi connectivity index (χ1v) is 10.3. The number of rotatable bonds is 6. The van der Waals surface area contributed by atoms with Crippen LogP contribution in [-0.4, -0.2) is 34.0 Å². The number of aromatic nitrogens is 2. The highest BCUT2D eigenvalue weighted by Crippen LogP contribution is 2.28. The standard InChI is InChI=1S/C24H26N4O2/c1-29-19-7-3-17(4-8-19)11-27-13-21-22(14-27)26-24-16-28(15-23(24)25-21)12-18-5-9-20(30-2)10-6-18/h3-10H,11-16H2,1-2H3. The summed E-state index contributed by atoms with van der Waals surface area (Å²) in [5.74, 6) is 1.78. The molecule has 2 aliphatic heterocycles. The zero-order valence-corrected chi connectivity index (χ0v) is 17.5. The Kier molecular flexibility index (Phi) is 5.11. The van der Waals surface area contributed by atoms with Crippen LogP contribution in [0.4, 0.5) is 0 Å². The minimum atomic E-state index is 0.861. The fourth-order valence-electron chi connectivity index (χ4n) is 4.25. The van der Waals surface area contributed by atoms with E-state index < -0.39 is 0 Å². The van der Waals surface area contributed by atoms with Gasteiger partial charge in [-0.25, -0.2) is 0 Å². The molecule has 2 aliphatic rings. The quantitative estimate of drug-likeness (QED) is 0.629. The Bertz CT molecular complexity index is 919. The molecule has 0 unspecified atom stereocenters. The van der Waals surface area contributed by atoms with Crippen molar-refractivity contribution in [2.45, 2.75) is 39.3 Å². The first-order chi connectivity index (χ1) is 14.7. The van der Waals surface area contributed by atoms with Gasteiger partial charge < -0.3 is 9.47 Å². The molecule has 6 heteroatoms. The van der Waals surface area contributed by atoms with Crippen LogP contribution in [0.15, 0.2) is 48.5 Å². The van der Waals surface area contributed by atoms with E-state index in [2.05, 4.69) is 34.1 Å². The molecule has 30 heavy (non-hydrogen) atoms. The second-order valence-corrected chi connectivity index (χ2v) is 8.00. The van der Waals surface area contributed by atoms with Gasteiger partial charge in [-0.2, -0.15) is 0 Å². The molecule has 0 saturated heterocycles. The van der Waals surface area contributed by atoms with E-state index >= 15 is 0 Å². The van der Waals surface area contributed by atoms with Gasteiger partial charge in [-0.15, -0.1) is 0 Å². The summed E-state index contributed by atoms with van der Waals surface area (Å²) < 4.78 is 10.5. The molecule has 2 aromatic carbocycles. The predicted octanol–water partition coefficient (Wildman–Crippen LogP) is 3.53. The normalized spacial score (nSPS) is 15.8. The van der Waals surface area contributed by atoms with Crippen LogP contribution < -0.4 is 9.47 Å². The Morgan fingerprint density at radius 1 is 0.600 bits per heavy atom. The molecule has 0 N–H and O–H groups in total. The average Bonchev–Trinajstić information content (AvgIpc) is 3.34. The Labute approximate surface area is 177 Å². The lowest BCUT2D eigenvalue weighted by Gasteiger charge is -2.15. The molecule has 3 heterocycles. The van der Waals surface area contributed by atoms with Crippen molar-refractivity contribution >= 4 is 0 Å². The fraction of sp³-hybridized carbons (Fsp3) is 0.333. The van der Waals surface area contributed by atoms with E-state index in [4.69, 9.17) is 19.4 Å². The van der Waals surface area contributed by atoms with Crippen molar-refractivity contribution in [3.8, 4) is 11.5 Å². The molecule has 6 nitrogen and oxygen atoms in total. The van der Waals surface area contributed by atoms with E-state index in [1.807, 2.05) is 24.3 Å². The Balaban J connectivity index is 1.22. The predicted molar refractivity (Wildman–Crippen MR) is 114 cm³/mol. The van der Waals surface area contributed by atoms with Crippen LogP contribution in [0.1, 0.15) is 33.9 Å². The highest BCUT2D eigenvalue weighted by molar-refractivity contribution is 5.30. The summed E-state index contributed by atoms with van der Waals surface area (Å²) >= 11 is 0. The summed E-state index contributed by atoms with van der Waals surface area (Å²) in [6, 6.07) is 16.6. The van der Waals surface area contributed by atoms with Crippen LogP contribution in [0.2, 0.25) is 0 Å². The number of fused-ring (bicyclic) bond motifs is 2. The van der Waals surface area contributed by atoms with Crippen LogP contribution in [0.25, 0.3) is 0 Å². The summed E-state index contributed by atoms with van der Waals surface area (Å²) in [6.45, 7) is 5.24. The summed E-state index contributed by atoms with van der Waals surface area (Å²) in [7, 11) is 3.39. The van der Waals surface area contributed by atoms with E-state index in [9.17, 15) is 0 Å². The lowest BCUT2D eigenvalue weighted by molar-refractivity contribution is 0.265. The van der Waals surface area contributed by atoms with E-state index in [0.29, 0.717) is 0 Å². The van der Waals surface area contributed by atoms with E-state index in [0.717, 1.165) is 73.5 Å². The van der Waals surface area contributed by atoms with Crippen molar-refractivity contribution in [2.24, 2.45) is 0 Å². The molecular formula is C24H26N4O2. The van der Waals surface area contributed by atoms with Gasteiger partial charge in [0.05, 0.1) is 37.0 Å². The molecule has 0 saturated carbocycles. The third-order valence-electron chi connectivity index (χ3n) is 5.83. The van der Waals surface area contributed by atoms with Gasteiger partial charge in [0.15, 0.2) is 0 Å². The van der Waals surface area contributed by atoms with Crippen molar-refractivity contribution in [1.29, 1.82) is 0 Å². The number of ether oxygens (including phenoxy) is 2.